The zero-order valence-electron chi connectivity index (χ0n) is 12.8. The van der Waals surface area contributed by atoms with E-state index in [1.165, 1.54) is 4.68 Å². The van der Waals surface area contributed by atoms with Gasteiger partial charge in [-0.25, -0.2) is 9.48 Å². The molecular weight excluding hydrogens is 290 g/mol. The molecule has 116 valence electrons. The molecule has 0 aliphatic rings. The summed E-state index contributed by atoms with van der Waals surface area (Å²) in [5.74, 6) is -0.903. The minimum absolute atomic E-state index is 0.452. The molecule has 5 heteroatoms. The monoisotopic (exact) mass is 307 g/mol. The summed E-state index contributed by atoms with van der Waals surface area (Å²) in [5.41, 5.74) is 3.86. The largest absolute Gasteiger partial charge is 0.480 e. The van der Waals surface area contributed by atoms with Crippen molar-refractivity contribution in [3.8, 4) is 22.4 Å². The standard InChI is InChI=1S/C18H17N3O2/c1-2-16(18(22)23)21-17(12-19-20-21)15-10-8-14(9-11-15)13-6-4-3-5-7-13/h3-12,16H,2H2,1H3,(H,22,23). The Morgan fingerprint density at radius 2 is 1.65 bits per heavy atom. The van der Waals surface area contributed by atoms with E-state index in [9.17, 15) is 9.90 Å². The fourth-order valence-electron chi connectivity index (χ4n) is 2.60. The Hall–Kier alpha value is -2.95. The molecule has 0 spiro atoms. The summed E-state index contributed by atoms with van der Waals surface area (Å²) in [6, 6.07) is 17.4. The molecule has 0 aliphatic heterocycles. The topological polar surface area (TPSA) is 68.0 Å². The first-order valence-corrected chi connectivity index (χ1v) is 7.49. The second kappa shape index (κ2) is 6.44. The lowest BCUT2D eigenvalue weighted by Gasteiger charge is -2.13. The van der Waals surface area contributed by atoms with Crippen LogP contribution in [0.3, 0.4) is 0 Å². The molecule has 0 aliphatic carbocycles. The zero-order chi connectivity index (χ0) is 16.2. The molecule has 0 radical (unpaired) electrons. The molecule has 1 aromatic heterocycles. The van der Waals surface area contributed by atoms with Crippen LogP contribution in [-0.2, 0) is 4.79 Å². The third-order valence-corrected chi connectivity index (χ3v) is 3.83. The third kappa shape index (κ3) is 2.99. The van der Waals surface area contributed by atoms with Gasteiger partial charge in [0.05, 0.1) is 11.9 Å². The number of carboxylic acid groups (broad SMARTS) is 1. The van der Waals surface area contributed by atoms with Crippen molar-refractivity contribution in [3.05, 3.63) is 60.8 Å². The van der Waals surface area contributed by atoms with Gasteiger partial charge in [0.15, 0.2) is 6.04 Å². The first-order chi connectivity index (χ1) is 11.2. The van der Waals surface area contributed by atoms with Crippen LogP contribution in [-0.4, -0.2) is 26.1 Å². The molecule has 0 amide bonds. The highest BCUT2D eigenvalue weighted by Gasteiger charge is 2.21. The minimum Gasteiger partial charge on any atom is -0.480 e. The van der Waals surface area contributed by atoms with E-state index in [1.54, 1.807) is 6.20 Å². The van der Waals surface area contributed by atoms with Crippen LogP contribution in [0.5, 0.6) is 0 Å². The summed E-state index contributed by atoms with van der Waals surface area (Å²) in [5, 5.41) is 17.2. The van der Waals surface area contributed by atoms with E-state index >= 15 is 0 Å². The van der Waals surface area contributed by atoms with E-state index in [0.717, 1.165) is 16.7 Å². The molecule has 3 aromatic rings. The van der Waals surface area contributed by atoms with Crippen LogP contribution in [0, 0.1) is 0 Å². The molecule has 5 nitrogen and oxygen atoms in total. The quantitative estimate of drug-likeness (QED) is 0.781. The van der Waals surface area contributed by atoms with Crippen LogP contribution in [0.15, 0.2) is 60.8 Å². The van der Waals surface area contributed by atoms with E-state index in [2.05, 4.69) is 22.4 Å². The average molecular weight is 307 g/mol. The van der Waals surface area contributed by atoms with Gasteiger partial charge in [0, 0.05) is 5.56 Å². The van der Waals surface area contributed by atoms with Gasteiger partial charge in [-0.15, -0.1) is 5.10 Å². The van der Waals surface area contributed by atoms with Crippen molar-refractivity contribution in [2.45, 2.75) is 19.4 Å². The first-order valence-electron chi connectivity index (χ1n) is 7.49. The Bertz CT molecular complexity index is 795. The molecule has 0 fully saturated rings. The van der Waals surface area contributed by atoms with Gasteiger partial charge in [-0.05, 0) is 17.5 Å². The van der Waals surface area contributed by atoms with Crippen LogP contribution in [0.25, 0.3) is 22.4 Å². The lowest BCUT2D eigenvalue weighted by Crippen LogP contribution is -2.20. The van der Waals surface area contributed by atoms with Crippen molar-refractivity contribution in [1.82, 2.24) is 15.0 Å². The highest BCUT2D eigenvalue weighted by molar-refractivity contribution is 5.74. The number of benzene rings is 2. The van der Waals surface area contributed by atoms with Gasteiger partial charge in [-0.2, -0.15) is 0 Å². The van der Waals surface area contributed by atoms with Crippen LogP contribution >= 0.6 is 0 Å². The van der Waals surface area contributed by atoms with Crippen molar-refractivity contribution in [2.24, 2.45) is 0 Å². The molecule has 23 heavy (non-hydrogen) atoms. The minimum atomic E-state index is -0.903. The lowest BCUT2D eigenvalue weighted by molar-refractivity contribution is -0.141. The SMILES string of the molecule is CCC(C(=O)O)n1nncc1-c1ccc(-c2ccccc2)cc1. The number of rotatable bonds is 5. The zero-order valence-corrected chi connectivity index (χ0v) is 12.8. The van der Waals surface area contributed by atoms with Crippen molar-refractivity contribution in [2.75, 3.05) is 0 Å². The Kier molecular flexibility index (Phi) is 4.19. The molecule has 1 unspecified atom stereocenters. The van der Waals surface area contributed by atoms with Gasteiger partial charge < -0.3 is 5.11 Å². The Labute approximate surface area is 134 Å². The van der Waals surface area contributed by atoms with E-state index in [-0.39, 0.29) is 0 Å². The summed E-state index contributed by atoms with van der Waals surface area (Å²) in [4.78, 5) is 11.4. The van der Waals surface area contributed by atoms with Crippen LogP contribution < -0.4 is 0 Å². The normalized spacial score (nSPS) is 12.0. The lowest BCUT2D eigenvalue weighted by atomic mass is 10.0. The van der Waals surface area contributed by atoms with Crippen molar-refractivity contribution in [3.63, 3.8) is 0 Å². The van der Waals surface area contributed by atoms with Crippen molar-refractivity contribution >= 4 is 5.97 Å². The summed E-state index contributed by atoms with van der Waals surface area (Å²) < 4.78 is 1.47. The molecule has 1 atom stereocenters. The van der Waals surface area contributed by atoms with Gasteiger partial charge in [0.25, 0.3) is 0 Å². The van der Waals surface area contributed by atoms with Crippen molar-refractivity contribution in [1.29, 1.82) is 0 Å². The number of hydrogen-bond acceptors (Lipinski definition) is 3. The number of aromatic nitrogens is 3. The molecule has 1 heterocycles. The maximum atomic E-state index is 11.4. The number of hydrogen-bond donors (Lipinski definition) is 1. The van der Waals surface area contributed by atoms with Crippen LogP contribution in [0.4, 0.5) is 0 Å². The molecule has 1 N–H and O–H groups in total. The maximum Gasteiger partial charge on any atom is 0.328 e. The summed E-state index contributed by atoms with van der Waals surface area (Å²) in [7, 11) is 0. The van der Waals surface area contributed by atoms with Gasteiger partial charge in [-0.1, -0.05) is 66.7 Å². The highest BCUT2D eigenvalue weighted by atomic mass is 16.4. The number of carbonyl (C=O) groups is 1. The fraction of sp³-hybridized carbons (Fsp3) is 0.167. The molecule has 3 rings (SSSR count). The molecule has 2 aromatic carbocycles. The smallest absolute Gasteiger partial charge is 0.328 e. The predicted molar refractivity (Wildman–Crippen MR) is 87.9 cm³/mol. The second-order valence-corrected chi connectivity index (χ2v) is 5.27. The Morgan fingerprint density at radius 3 is 2.26 bits per heavy atom. The van der Waals surface area contributed by atoms with E-state index in [0.29, 0.717) is 12.1 Å². The Balaban J connectivity index is 1.95. The van der Waals surface area contributed by atoms with Crippen LogP contribution in [0.1, 0.15) is 19.4 Å². The van der Waals surface area contributed by atoms with Crippen LogP contribution in [0.2, 0.25) is 0 Å². The molecule has 0 saturated carbocycles. The predicted octanol–water partition coefficient (Wildman–Crippen LogP) is 3.65. The molecule has 0 saturated heterocycles. The number of carboxylic acids is 1. The van der Waals surface area contributed by atoms with E-state index in [1.807, 2.05) is 49.4 Å². The molecular formula is C18H17N3O2. The summed E-state index contributed by atoms with van der Waals surface area (Å²) in [6.07, 6.45) is 2.05. The van der Waals surface area contributed by atoms with Crippen molar-refractivity contribution < 1.29 is 9.90 Å². The van der Waals surface area contributed by atoms with Gasteiger partial charge in [0.2, 0.25) is 0 Å². The summed E-state index contributed by atoms with van der Waals surface area (Å²) in [6.45, 7) is 1.82. The fourth-order valence-corrected chi connectivity index (χ4v) is 2.60. The van der Waals surface area contributed by atoms with Gasteiger partial charge in [-0.3, -0.25) is 0 Å². The third-order valence-electron chi connectivity index (χ3n) is 3.83. The number of aliphatic carboxylic acids is 1. The second-order valence-electron chi connectivity index (χ2n) is 5.27. The number of nitrogens with zero attached hydrogens (tertiary/aromatic N) is 3. The summed E-state index contributed by atoms with van der Waals surface area (Å²) >= 11 is 0. The molecule has 0 bridgehead atoms. The van der Waals surface area contributed by atoms with Gasteiger partial charge >= 0.3 is 5.97 Å². The van der Waals surface area contributed by atoms with E-state index < -0.39 is 12.0 Å². The van der Waals surface area contributed by atoms with Gasteiger partial charge in [0.1, 0.15) is 0 Å². The first kappa shape index (κ1) is 15.0. The highest BCUT2D eigenvalue weighted by Crippen LogP contribution is 2.26. The van der Waals surface area contributed by atoms with E-state index in [4.69, 9.17) is 0 Å². The Morgan fingerprint density at radius 1 is 1.04 bits per heavy atom. The average Bonchev–Trinajstić information content (AvgIpc) is 3.05. The maximum absolute atomic E-state index is 11.4.